The predicted molar refractivity (Wildman–Crippen MR) is 148 cm³/mol. The molecule has 0 saturated carbocycles. The van der Waals surface area contributed by atoms with Gasteiger partial charge in [0.2, 0.25) is 0 Å². The summed E-state index contributed by atoms with van der Waals surface area (Å²) >= 11 is 0. The summed E-state index contributed by atoms with van der Waals surface area (Å²) in [6, 6.07) is 12.3. The minimum atomic E-state index is -3.85. The lowest BCUT2D eigenvalue weighted by Gasteiger charge is -2.34. The molecule has 0 radical (unpaired) electrons. The smallest absolute Gasteiger partial charge is 0.261 e. The number of rotatable bonds is 7. The number of carbonyl (C=O) groups is 1. The van der Waals surface area contributed by atoms with Gasteiger partial charge in [-0.05, 0) is 70.5 Å². The summed E-state index contributed by atoms with van der Waals surface area (Å²) in [7, 11) is -1.98. The number of aliphatic hydroxyl groups is 1. The SMILES string of the molecule is CNC[C@@H]1OCCCC[C@@H](C)Oc2ccc(NS(=O)(=O)c3ccccc3)cc2C(=O)N([C@@H](C)CO)C[C@H]1C. The highest BCUT2D eigenvalue weighted by Crippen LogP contribution is 2.29. The van der Waals surface area contributed by atoms with Gasteiger partial charge < -0.3 is 24.8 Å². The second kappa shape index (κ2) is 13.9. The van der Waals surface area contributed by atoms with Crippen molar-refractivity contribution in [1.82, 2.24) is 10.2 Å². The summed E-state index contributed by atoms with van der Waals surface area (Å²) in [5.74, 6) is 0.0149. The highest BCUT2D eigenvalue weighted by atomic mass is 32.2. The van der Waals surface area contributed by atoms with Crippen molar-refractivity contribution in [3.05, 3.63) is 54.1 Å². The number of ether oxygens (including phenoxy) is 2. The molecule has 0 aliphatic carbocycles. The maximum Gasteiger partial charge on any atom is 0.261 e. The van der Waals surface area contributed by atoms with Crippen LogP contribution in [-0.2, 0) is 14.8 Å². The van der Waals surface area contributed by atoms with Gasteiger partial charge in [0.1, 0.15) is 5.75 Å². The first-order valence-corrected chi connectivity index (χ1v) is 14.7. The van der Waals surface area contributed by atoms with E-state index >= 15 is 0 Å². The fraction of sp³-hybridized carbons (Fsp3) is 0.536. The Hall–Kier alpha value is -2.66. The number of likely N-dealkylation sites (N-methyl/N-ethyl adjacent to an activating group) is 1. The van der Waals surface area contributed by atoms with Gasteiger partial charge in [-0.2, -0.15) is 0 Å². The fourth-order valence-corrected chi connectivity index (χ4v) is 5.56. The Morgan fingerprint density at radius 1 is 1.13 bits per heavy atom. The third kappa shape index (κ3) is 7.92. The summed E-state index contributed by atoms with van der Waals surface area (Å²) in [5, 5.41) is 13.2. The van der Waals surface area contributed by atoms with E-state index in [9.17, 15) is 18.3 Å². The van der Waals surface area contributed by atoms with Crippen molar-refractivity contribution in [2.45, 2.75) is 63.2 Å². The van der Waals surface area contributed by atoms with E-state index in [0.717, 1.165) is 19.3 Å². The number of carbonyl (C=O) groups excluding carboxylic acids is 1. The van der Waals surface area contributed by atoms with Crippen LogP contribution in [0.15, 0.2) is 53.4 Å². The molecule has 0 saturated heterocycles. The molecule has 9 nitrogen and oxygen atoms in total. The van der Waals surface area contributed by atoms with E-state index in [1.54, 1.807) is 42.2 Å². The number of anilines is 1. The van der Waals surface area contributed by atoms with Gasteiger partial charge in [-0.25, -0.2) is 8.42 Å². The average Bonchev–Trinajstić information content (AvgIpc) is 2.90. The number of benzene rings is 2. The van der Waals surface area contributed by atoms with Crippen LogP contribution in [0.25, 0.3) is 0 Å². The van der Waals surface area contributed by atoms with Gasteiger partial charge in [0, 0.05) is 31.3 Å². The maximum atomic E-state index is 14.0. The van der Waals surface area contributed by atoms with E-state index < -0.39 is 16.1 Å². The molecule has 3 rings (SSSR count). The van der Waals surface area contributed by atoms with E-state index in [-0.39, 0.29) is 46.8 Å². The van der Waals surface area contributed by atoms with Crippen LogP contribution in [0.4, 0.5) is 5.69 Å². The zero-order valence-electron chi connectivity index (χ0n) is 22.7. The standard InChI is InChI=1S/C28H41N3O6S/c1-20-18-31(21(2)19-32)28(33)25-16-23(30-38(34,35)24-11-6-5-7-12-24)13-14-26(25)37-22(3)10-8-9-15-36-27(20)17-29-4/h5-7,11-14,16,20-22,27,29-30,32H,8-10,15,17-19H2,1-4H3/t20-,21+,22-,27+/m1/s1. The van der Waals surface area contributed by atoms with Crippen molar-refractivity contribution in [2.75, 3.05) is 38.1 Å². The molecule has 0 bridgehead atoms. The molecule has 0 spiro atoms. The first-order chi connectivity index (χ1) is 18.2. The summed E-state index contributed by atoms with van der Waals surface area (Å²) in [5.41, 5.74) is 0.486. The van der Waals surface area contributed by atoms with Crippen LogP contribution in [0.1, 0.15) is 50.4 Å². The van der Waals surface area contributed by atoms with Gasteiger partial charge in [-0.1, -0.05) is 25.1 Å². The third-order valence-corrected chi connectivity index (χ3v) is 8.16. The first kappa shape index (κ1) is 29.9. The number of hydrogen-bond donors (Lipinski definition) is 3. The molecule has 10 heteroatoms. The van der Waals surface area contributed by atoms with Crippen molar-refractivity contribution in [1.29, 1.82) is 0 Å². The lowest BCUT2D eigenvalue weighted by molar-refractivity contribution is -0.000450. The Balaban J connectivity index is 2.02. The summed E-state index contributed by atoms with van der Waals surface area (Å²) in [6.07, 6.45) is 2.31. The van der Waals surface area contributed by atoms with Crippen LogP contribution < -0.4 is 14.8 Å². The van der Waals surface area contributed by atoms with Crippen molar-refractivity contribution < 1.29 is 27.8 Å². The number of aliphatic hydroxyl groups excluding tert-OH is 1. The molecule has 1 heterocycles. The number of hydrogen-bond acceptors (Lipinski definition) is 7. The average molecular weight is 548 g/mol. The van der Waals surface area contributed by atoms with Crippen LogP contribution in [0, 0.1) is 5.92 Å². The number of fused-ring (bicyclic) bond motifs is 1. The van der Waals surface area contributed by atoms with Crippen LogP contribution in [0.3, 0.4) is 0 Å². The van der Waals surface area contributed by atoms with E-state index in [0.29, 0.717) is 25.4 Å². The molecule has 2 aromatic carbocycles. The second-order valence-electron chi connectivity index (χ2n) is 9.99. The quantitative estimate of drug-likeness (QED) is 0.486. The minimum absolute atomic E-state index is 0.0219. The van der Waals surface area contributed by atoms with E-state index in [1.165, 1.54) is 18.2 Å². The fourth-order valence-electron chi connectivity index (χ4n) is 4.49. The van der Waals surface area contributed by atoms with Crippen molar-refractivity contribution in [3.63, 3.8) is 0 Å². The van der Waals surface area contributed by atoms with Gasteiger partial charge in [0.25, 0.3) is 15.9 Å². The lowest BCUT2D eigenvalue weighted by Crippen LogP contribution is -2.47. The molecule has 38 heavy (non-hydrogen) atoms. The number of nitrogens with one attached hydrogen (secondary N) is 2. The molecule has 2 aromatic rings. The lowest BCUT2D eigenvalue weighted by atomic mass is 10.0. The van der Waals surface area contributed by atoms with Gasteiger partial charge in [0.15, 0.2) is 0 Å². The molecule has 1 aliphatic rings. The number of sulfonamides is 1. The molecule has 1 amide bonds. The Morgan fingerprint density at radius 3 is 2.55 bits per heavy atom. The van der Waals surface area contributed by atoms with Crippen molar-refractivity contribution in [3.8, 4) is 5.75 Å². The molecule has 210 valence electrons. The molecule has 3 N–H and O–H groups in total. The molecule has 0 fully saturated rings. The number of nitrogens with zero attached hydrogens (tertiary/aromatic N) is 1. The first-order valence-electron chi connectivity index (χ1n) is 13.2. The summed E-state index contributed by atoms with van der Waals surface area (Å²) in [4.78, 5) is 15.7. The van der Waals surface area contributed by atoms with E-state index in [2.05, 4.69) is 10.0 Å². The summed E-state index contributed by atoms with van der Waals surface area (Å²) < 4.78 is 40.8. The highest BCUT2D eigenvalue weighted by molar-refractivity contribution is 7.92. The van der Waals surface area contributed by atoms with Crippen LogP contribution in [-0.4, -0.2) is 75.9 Å². The topological polar surface area (TPSA) is 117 Å². The van der Waals surface area contributed by atoms with E-state index in [1.807, 2.05) is 20.9 Å². The predicted octanol–water partition coefficient (Wildman–Crippen LogP) is 3.50. The summed E-state index contributed by atoms with van der Waals surface area (Å²) in [6.45, 7) is 7.15. The molecule has 1 aliphatic heterocycles. The zero-order chi connectivity index (χ0) is 27.7. The van der Waals surface area contributed by atoms with Crippen LogP contribution in [0.5, 0.6) is 5.75 Å². The van der Waals surface area contributed by atoms with Gasteiger partial charge in [-0.3, -0.25) is 9.52 Å². The van der Waals surface area contributed by atoms with Crippen LogP contribution in [0.2, 0.25) is 0 Å². The Morgan fingerprint density at radius 2 is 1.87 bits per heavy atom. The van der Waals surface area contributed by atoms with Crippen molar-refractivity contribution >= 4 is 21.6 Å². The highest BCUT2D eigenvalue weighted by Gasteiger charge is 2.30. The van der Waals surface area contributed by atoms with Gasteiger partial charge >= 0.3 is 0 Å². The zero-order valence-corrected chi connectivity index (χ0v) is 23.5. The van der Waals surface area contributed by atoms with Crippen LogP contribution >= 0.6 is 0 Å². The third-order valence-electron chi connectivity index (χ3n) is 6.76. The monoisotopic (exact) mass is 547 g/mol. The minimum Gasteiger partial charge on any atom is -0.490 e. The largest absolute Gasteiger partial charge is 0.490 e. The van der Waals surface area contributed by atoms with Crippen molar-refractivity contribution in [2.24, 2.45) is 5.92 Å². The van der Waals surface area contributed by atoms with Gasteiger partial charge in [0.05, 0.1) is 35.3 Å². The maximum absolute atomic E-state index is 14.0. The molecule has 0 unspecified atom stereocenters. The van der Waals surface area contributed by atoms with Gasteiger partial charge in [-0.15, -0.1) is 0 Å². The Bertz CT molecular complexity index is 1140. The second-order valence-corrected chi connectivity index (χ2v) is 11.7. The Labute approximate surface area is 226 Å². The van der Waals surface area contributed by atoms with E-state index in [4.69, 9.17) is 9.47 Å². The molecular formula is C28H41N3O6S. The Kier molecular flexibility index (Phi) is 11.0. The molecule has 0 aromatic heterocycles. The normalized spacial score (nSPS) is 22.6. The molecular weight excluding hydrogens is 506 g/mol. The molecule has 4 atom stereocenters. The number of amides is 1.